The lowest BCUT2D eigenvalue weighted by atomic mass is 10.1. The largest absolute Gasteiger partial charge is 0.383 e. The number of nitrogen functional groups attached to an aromatic ring is 1. The van der Waals surface area contributed by atoms with Crippen LogP contribution in [-0.4, -0.2) is 33.6 Å². The molecular weight excluding hydrogens is 448 g/mol. The van der Waals surface area contributed by atoms with Crippen molar-refractivity contribution in [3.8, 4) is 0 Å². The Bertz CT molecular complexity index is 1260. The molecule has 3 N–H and O–H groups in total. The van der Waals surface area contributed by atoms with Crippen molar-refractivity contribution in [2.24, 2.45) is 5.10 Å². The summed E-state index contributed by atoms with van der Waals surface area (Å²) in [5.41, 5.74) is 7.50. The molecule has 1 aliphatic rings. The molecule has 2 heterocycles. The normalized spacial score (nSPS) is 13.7. The number of rotatable bonds is 9. The lowest BCUT2D eigenvalue weighted by Crippen LogP contribution is -2.46. The Hall–Kier alpha value is -3.69. The van der Waals surface area contributed by atoms with E-state index in [4.69, 9.17) is 5.73 Å². The second kappa shape index (κ2) is 11.2. The first-order valence-electron chi connectivity index (χ1n) is 12.1. The fourth-order valence-electron chi connectivity index (χ4n) is 4.01. The van der Waals surface area contributed by atoms with Crippen molar-refractivity contribution in [3.63, 3.8) is 0 Å². The number of nitrogens with zero attached hydrogens (tertiary/aromatic N) is 4. The summed E-state index contributed by atoms with van der Waals surface area (Å²) in [6.45, 7) is 8.30. The SMILES string of the molecule is CCCCN(C(=O)C1=NN(c2cc(C)ccc2C)C(=O)CC1)c1c(N)n(CCCC)c(=O)[nH]c1=O. The summed E-state index contributed by atoms with van der Waals surface area (Å²) in [4.78, 5) is 55.3. The number of unbranched alkanes of at least 4 members (excludes halogenated alkanes) is 2. The first-order chi connectivity index (χ1) is 16.7. The minimum absolute atomic E-state index is 0.0458. The molecule has 0 spiro atoms. The molecule has 0 bridgehead atoms. The van der Waals surface area contributed by atoms with Gasteiger partial charge in [-0.1, -0.05) is 38.8 Å². The first kappa shape index (κ1) is 25.9. The third-order valence-electron chi connectivity index (χ3n) is 6.07. The van der Waals surface area contributed by atoms with E-state index < -0.39 is 17.2 Å². The Balaban J connectivity index is 2.08. The number of aryl methyl sites for hydroxylation is 2. The smallest absolute Gasteiger partial charge is 0.330 e. The highest BCUT2D eigenvalue weighted by Gasteiger charge is 2.32. The standard InChI is InChI=1S/C25H34N6O4/c1-5-7-13-29(21-22(26)30(14-8-6-2)25(35)27-23(21)33)24(34)18-11-12-20(32)31(28-18)19-15-16(3)9-10-17(19)4/h9-10,15H,5-8,11-14,26H2,1-4H3,(H,27,33,35). The van der Waals surface area contributed by atoms with Gasteiger partial charge >= 0.3 is 5.69 Å². The fourth-order valence-corrected chi connectivity index (χ4v) is 4.01. The summed E-state index contributed by atoms with van der Waals surface area (Å²) in [6.07, 6.45) is 3.18. The van der Waals surface area contributed by atoms with Crippen LogP contribution in [0.2, 0.25) is 0 Å². The lowest BCUT2D eigenvalue weighted by Gasteiger charge is -2.28. The van der Waals surface area contributed by atoms with E-state index in [0.717, 1.165) is 24.0 Å². The van der Waals surface area contributed by atoms with Crippen LogP contribution < -0.4 is 26.9 Å². The van der Waals surface area contributed by atoms with Crippen LogP contribution in [0.25, 0.3) is 0 Å². The van der Waals surface area contributed by atoms with Crippen LogP contribution in [-0.2, 0) is 16.1 Å². The summed E-state index contributed by atoms with van der Waals surface area (Å²) < 4.78 is 1.29. The summed E-state index contributed by atoms with van der Waals surface area (Å²) in [5.74, 6) is -0.754. The number of carbonyl (C=O) groups excluding carboxylic acids is 2. The van der Waals surface area contributed by atoms with Crippen molar-refractivity contribution in [1.82, 2.24) is 9.55 Å². The molecular formula is C25H34N6O4. The van der Waals surface area contributed by atoms with E-state index in [2.05, 4.69) is 10.1 Å². The van der Waals surface area contributed by atoms with Crippen LogP contribution >= 0.6 is 0 Å². The van der Waals surface area contributed by atoms with Gasteiger partial charge in [-0.25, -0.2) is 9.80 Å². The van der Waals surface area contributed by atoms with E-state index in [1.807, 2.05) is 45.9 Å². The minimum Gasteiger partial charge on any atom is -0.383 e. The molecule has 188 valence electrons. The highest BCUT2D eigenvalue weighted by Crippen LogP contribution is 2.27. The van der Waals surface area contributed by atoms with E-state index in [1.54, 1.807) is 0 Å². The van der Waals surface area contributed by atoms with E-state index in [1.165, 1.54) is 14.5 Å². The zero-order chi connectivity index (χ0) is 25.7. The second-order valence-corrected chi connectivity index (χ2v) is 8.85. The van der Waals surface area contributed by atoms with Crippen molar-refractivity contribution in [2.45, 2.75) is 72.8 Å². The molecule has 1 aliphatic heterocycles. The Morgan fingerprint density at radius 3 is 2.51 bits per heavy atom. The number of benzene rings is 1. The molecule has 0 aliphatic carbocycles. The van der Waals surface area contributed by atoms with Crippen molar-refractivity contribution in [1.29, 1.82) is 0 Å². The van der Waals surface area contributed by atoms with Gasteiger partial charge in [0.25, 0.3) is 11.5 Å². The van der Waals surface area contributed by atoms with Crippen LogP contribution in [0.15, 0.2) is 32.9 Å². The number of hydrazone groups is 1. The quantitative estimate of drug-likeness (QED) is 0.567. The third kappa shape index (κ3) is 5.52. The predicted octanol–water partition coefficient (Wildman–Crippen LogP) is 2.85. The number of anilines is 3. The van der Waals surface area contributed by atoms with Gasteiger partial charge in [0.15, 0.2) is 5.69 Å². The van der Waals surface area contributed by atoms with Crippen LogP contribution in [0.1, 0.15) is 63.5 Å². The van der Waals surface area contributed by atoms with Gasteiger partial charge in [0.2, 0.25) is 5.91 Å². The zero-order valence-electron chi connectivity index (χ0n) is 20.9. The van der Waals surface area contributed by atoms with Gasteiger partial charge in [-0.3, -0.25) is 28.8 Å². The molecule has 0 fully saturated rings. The number of amides is 2. The average molecular weight is 483 g/mol. The van der Waals surface area contributed by atoms with Crippen molar-refractivity contribution in [2.75, 3.05) is 22.2 Å². The highest BCUT2D eigenvalue weighted by molar-refractivity contribution is 6.45. The Morgan fingerprint density at radius 1 is 1.11 bits per heavy atom. The predicted molar refractivity (Wildman–Crippen MR) is 138 cm³/mol. The maximum absolute atomic E-state index is 13.7. The molecule has 2 amide bonds. The molecule has 2 aromatic rings. The topological polar surface area (TPSA) is 134 Å². The average Bonchev–Trinajstić information content (AvgIpc) is 2.82. The molecule has 35 heavy (non-hydrogen) atoms. The zero-order valence-corrected chi connectivity index (χ0v) is 20.9. The highest BCUT2D eigenvalue weighted by atomic mass is 16.2. The summed E-state index contributed by atoms with van der Waals surface area (Å²) in [5, 5.41) is 5.70. The molecule has 0 saturated heterocycles. The fraction of sp³-hybridized carbons (Fsp3) is 0.480. The summed E-state index contributed by atoms with van der Waals surface area (Å²) in [6, 6.07) is 5.69. The van der Waals surface area contributed by atoms with Gasteiger partial charge < -0.3 is 5.73 Å². The van der Waals surface area contributed by atoms with E-state index >= 15 is 0 Å². The number of hydrogen-bond acceptors (Lipinski definition) is 6. The number of carbonyl (C=O) groups is 2. The maximum Gasteiger partial charge on any atom is 0.330 e. The molecule has 0 saturated carbocycles. The van der Waals surface area contributed by atoms with Crippen LogP contribution in [0, 0.1) is 13.8 Å². The number of hydrogen-bond donors (Lipinski definition) is 2. The molecule has 10 nitrogen and oxygen atoms in total. The van der Waals surface area contributed by atoms with Gasteiger partial charge in [0.05, 0.1) is 5.69 Å². The minimum atomic E-state index is -0.719. The van der Waals surface area contributed by atoms with Gasteiger partial charge in [0.1, 0.15) is 11.5 Å². The Morgan fingerprint density at radius 2 is 1.83 bits per heavy atom. The molecule has 0 radical (unpaired) electrons. The second-order valence-electron chi connectivity index (χ2n) is 8.85. The molecule has 1 aromatic heterocycles. The molecule has 0 atom stereocenters. The summed E-state index contributed by atoms with van der Waals surface area (Å²) in [7, 11) is 0. The molecule has 1 aromatic carbocycles. The number of aromatic amines is 1. The maximum atomic E-state index is 13.7. The molecule has 3 rings (SSSR count). The van der Waals surface area contributed by atoms with E-state index in [0.29, 0.717) is 25.1 Å². The molecule has 0 unspecified atom stereocenters. The summed E-state index contributed by atoms with van der Waals surface area (Å²) >= 11 is 0. The van der Waals surface area contributed by atoms with E-state index in [-0.39, 0.29) is 42.5 Å². The monoisotopic (exact) mass is 482 g/mol. The number of nitrogens with one attached hydrogen (secondary N) is 1. The number of nitrogens with two attached hydrogens (primary N) is 1. The van der Waals surface area contributed by atoms with Gasteiger partial charge in [-0.2, -0.15) is 5.10 Å². The number of H-pyrrole nitrogens is 1. The molecule has 10 heteroatoms. The van der Waals surface area contributed by atoms with Crippen LogP contribution in [0.5, 0.6) is 0 Å². The van der Waals surface area contributed by atoms with Crippen LogP contribution in [0.4, 0.5) is 17.2 Å². The Labute approximate surface area is 204 Å². The van der Waals surface area contributed by atoms with E-state index in [9.17, 15) is 19.2 Å². The van der Waals surface area contributed by atoms with Crippen molar-refractivity contribution < 1.29 is 9.59 Å². The number of aromatic nitrogens is 2. The van der Waals surface area contributed by atoms with Crippen LogP contribution in [0.3, 0.4) is 0 Å². The Kier molecular flexibility index (Phi) is 8.26. The van der Waals surface area contributed by atoms with Crippen molar-refractivity contribution in [3.05, 3.63) is 50.2 Å². The van der Waals surface area contributed by atoms with Gasteiger partial charge in [0, 0.05) is 25.9 Å². The third-order valence-corrected chi connectivity index (χ3v) is 6.07. The first-order valence-corrected chi connectivity index (χ1v) is 12.1. The lowest BCUT2D eigenvalue weighted by molar-refractivity contribution is -0.118. The van der Waals surface area contributed by atoms with Gasteiger partial charge in [-0.15, -0.1) is 0 Å². The van der Waals surface area contributed by atoms with Crippen molar-refractivity contribution >= 4 is 34.7 Å². The van der Waals surface area contributed by atoms with Gasteiger partial charge in [-0.05, 0) is 43.9 Å².